The number of rotatable bonds is 4. The Morgan fingerprint density at radius 3 is 2.85 bits per heavy atom. The summed E-state index contributed by atoms with van der Waals surface area (Å²) >= 11 is 0. The van der Waals surface area contributed by atoms with Gasteiger partial charge >= 0.3 is 0 Å². The zero-order chi connectivity index (χ0) is 9.26. The number of nitrogens with zero attached hydrogens (tertiary/aromatic N) is 2. The molecule has 1 aromatic rings. The van der Waals surface area contributed by atoms with Crippen LogP contribution in [0.15, 0.2) is 6.20 Å². The lowest BCUT2D eigenvalue weighted by Gasteiger charge is -2.04. The quantitative estimate of drug-likeness (QED) is 0.705. The lowest BCUT2D eigenvalue weighted by Crippen LogP contribution is -2.07. The van der Waals surface area contributed by atoms with Crippen LogP contribution in [0, 0.1) is 13.8 Å². The van der Waals surface area contributed by atoms with E-state index >= 15 is 0 Å². The van der Waals surface area contributed by atoms with Crippen molar-refractivity contribution < 1.29 is 4.74 Å². The molecule has 72 valence electrons. The highest BCUT2D eigenvalue weighted by molar-refractivity contribution is 5.00. The topological polar surface area (TPSA) is 27.1 Å². The van der Waals surface area contributed by atoms with Gasteiger partial charge in [-0.1, -0.05) is 0 Å². The average molecular weight is 180 g/mol. The van der Waals surface area contributed by atoms with E-state index in [1.807, 2.05) is 13.8 Å². The minimum Gasteiger partial charge on any atom is -0.376 e. The maximum atomic E-state index is 5.57. The highest BCUT2D eigenvalue weighted by atomic mass is 16.5. The van der Waals surface area contributed by atoms with Crippen molar-refractivity contribution in [1.82, 2.24) is 9.55 Å². The van der Waals surface area contributed by atoms with Gasteiger partial charge in [-0.05, 0) is 26.7 Å². The summed E-state index contributed by atoms with van der Waals surface area (Å²) in [6, 6.07) is 0. The first-order valence-electron chi connectivity index (χ1n) is 4.87. The Balaban J connectivity index is 1.81. The molecule has 3 heteroatoms. The molecule has 1 aliphatic rings. The molecule has 1 saturated carbocycles. The van der Waals surface area contributed by atoms with E-state index in [0.717, 1.165) is 24.7 Å². The van der Waals surface area contributed by atoms with Gasteiger partial charge in [0.15, 0.2) is 0 Å². The zero-order valence-electron chi connectivity index (χ0n) is 8.29. The van der Waals surface area contributed by atoms with Gasteiger partial charge in [0.2, 0.25) is 0 Å². The average Bonchev–Trinajstić information content (AvgIpc) is 2.81. The van der Waals surface area contributed by atoms with E-state index in [1.54, 1.807) is 0 Å². The molecule has 1 aliphatic carbocycles. The van der Waals surface area contributed by atoms with Gasteiger partial charge in [0, 0.05) is 12.7 Å². The van der Waals surface area contributed by atoms with Gasteiger partial charge in [-0.15, -0.1) is 0 Å². The minimum absolute atomic E-state index is 0.560. The van der Waals surface area contributed by atoms with E-state index in [4.69, 9.17) is 4.74 Å². The maximum Gasteiger partial charge on any atom is 0.105 e. The standard InChI is InChI=1S/C10H16N2O/c1-8-7-12(9(2)11-8)5-6-13-10-3-4-10/h7,10H,3-6H2,1-2H3. The fourth-order valence-electron chi connectivity index (χ4n) is 1.45. The van der Waals surface area contributed by atoms with Crippen molar-refractivity contribution in [1.29, 1.82) is 0 Å². The molecule has 0 saturated heterocycles. The molecule has 0 N–H and O–H groups in total. The molecule has 13 heavy (non-hydrogen) atoms. The van der Waals surface area contributed by atoms with Crippen molar-refractivity contribution in [3.63, 3.8) is 0 Å². The first-order chi connectivity index (χ1) is 6.25. The zero-order valence-corrected chi connectivity index (χ0v) is 8.29. The molecule has 0 spiro atoms. The number of hydrogen-bond acceptors (Lipinski definition) is 2. The van der Waals surface area contributed by atoms with Crippen LogP contribution in [0.2, 0.25) is 0 Å². The summed E-state index contributed by atoms with van der Waals surface area (Å²) in [6.45, 7) is 5.81. The predicted octanol–water partition coefficient (Wildman–Crippen LogP) is 1.68. The van der Waals surface area contributed by atoms with Crippen LogP contribution < -0.4 is 0 Å². The van der Waals surface area contributed by atoms with E-state index in [1.165, 1.54) is 12.8 Å². The molecule has 0 atom stereocenters. The third-order valence-corrected chi connectivity index (χ3v) is 2.31. The SMILES string of the molecule is Cc1cn(CCOC2CC2)c(C)n1. The summed E-state index contributed by atoms with van der Waals surface area (Å²) in [7, 11) is 0. The molecule has 1 fully saturated rings. The largest absolute Gasteiger partial charge is 0.376 e. The van der Waals surface area contributed by atoms with Gasteiger partial charge in [-0.2, -0.15) is 0 Å². The summed E-state index contributed by atoms with van der Waals surface area (Å²) in [4.78, 5) is 4.33. The van der Waals surface area contributed by atoms with Gasteiger partial charge < -0.3 is 9.30 Å². The number of imidazole rings is 1. The molecule has 0 amide bonds. The van der Waals surface area contributed by atoms with Crippen LogP contribution in [0.5, 0.6) is 0 Å². The second kappa shape index (κ2) is 3.50. The van der Waals surface area contributed by atoms with Crippen LogP contribution in [0.25, 0.3) is 0 Å². The molecule has 0 unspecified atom stereocenters. The van der Waals surface area contributed by atoms with Crippen molar-refractivity contribution in [2.75, 3.05) is 6.61 Å². The Bertz CT molecular complexity index is 289. The summed E-state index contributed by atoms with van der Waals surface area (Å²) < 4.78 is 7.72. The molecule has 0 radical (unpaired) electrons. The third kappa shape index (κ3) is 2.31. The van der Waals surface area contributed by atoms with Gasteiger partial charge in [-0.3, -0.25) is 0 Å². The van der Waals surface area contributed by atoms with Crippen molar-refractivity contribution in [3.8, 4) is 0 Å². The van der Waals surface area contributed by atoms with Gasteiger partial charge in [0.05, 0.1) is 18.4 Å². The number of ether oxygens (including phenoxy) is 1. The molecule has 0 bridgehead atoms. The molecule has 1 aromatic heterocycles. The van der Waals surface area contributed by atoms with E-state index in [-0.39, 0.29) is 0 Å². The predicted molar refractivity (Wildman–Crippen MR) is 50.7 cm³/mol. The Kier molecular flexibility index (Phi) is 2.36. The monoisotopic (exact) mass is 180 g/mol. The Labute approximate surface area is 78.7 Å². The number of aryl methyl sites for hydroxylation is 2. The smallest absolute Gasteiger partial charge is 0.105 e. The molecule has 0 aliphatic heterocycles. The Hall–Kier alpha value is -0.830. The fourth-order valence-corrected chi connectivity index (χ4v) is 1.45. The number of hydrogen-bond donors (Lipinski definition) is 0. The summed E-state index contributed by atoms with van der Waals surface area (Å²) in [5.41, 5.74) is 1.09. The van der Waals surface area contributed by atoms with Crippen molar-refractivity contribution in [2.45, 2.75) is 39.3 Å². The summed E-state index contributed by atoms with van der Waals surface area (Å²) in [5, 5.41) is 0. The van der Waals surface area contributed by atoms with Crippen LogP contribution >= 0.6 is 0 Å². The molecular formula is C10H16N2O. The van der Waals surface area contributed by atoms with Crippen LogP contribution in [0.4, 0.5) is 0 Å². The highest BCUT2D eigenvalue weighted by Crippen LogP contribution is 2.23. The molecule has 2 rings (SSSR count). The van der Waals surface area contributed by atoms with Gasteiger partial charge in [-0.25, -0.2) is 4.98 Å². The lowest BCUT2D eigenvalue weighted by atomic mass is 10.5. The van der Waals surface area contributed by atoms with Crippen LogP contribution in [-0.2, 0) is 11.3 Å². The number of aromatic nitrogens is 2. The highest BCUT2D eigenvalue weighted by Gasteiger charge is 2.21. The molecule has 0 aromatic carbocycles. The van der Waals surface area contributed by atoms with Crippen molar-refractivity contribution in [3.05, 3.63) is 17.7 Å². The Morgan fingerprint density at radius 2 is 2.31 bits per heavy atom. The van der Waals surface area contributed by atoms with Crippen molar-refractivity contribution >= 4 is 0 Å². The molecular weight excluding hydrogens is 164 g/mol. The third-order valence-electron chi connectivity index (χ3n) is 2.31. The second-order valence-corrected chi connectivity index (χ2v) is 3.69. The normalized spacial score (nSPS) is 16.5. The van der Waals surface area contributed by atoms with Crippen LogP contribution in [-0.4, -0.2) is 22.3 Å². The Morgan fingerprint density at radius 1 is 1.54 bits per heavy atom. The second-order valence-electron chi connectivity index (χ2n) is 3.69. The van der Waals surface area contributed by atoms with E-state index in [9.17, 15) is 0 Å². The van der Waals surface area contributed by atoms with Crippen molar-refractivity contribution in [2.24, 2.45) is 0 Å². The van der Waals surface area contributed by atoms with Gasteiger partial charge in [0.25, 0.3) is 0 Å². The molecule has 1 heterocycles. The minimum atomic E-state index is 0.560. The van der Waals surface area contributed by atoms with Gasteiger partial charge in [0.1, 0.15) is 5.82 Å². The van der Waals surface area contributed by atoms with E-state index < -0.39 is 0 Å². The summed E-state index contributed by atoms with van der Waals surface area (Å²) in [5.74, 6) is 1.08. The molecule has 3 nitrogen and oxygen atoms in total. The van der Waals surface area contributed by atoms with E-state index in [2.05, 4.69) is 15.7 Å². The van der Waals surface area contributed by atoms with E-state index in [0.29, 0.717) is 6.10 Å². The fraction of sp³-hybridized carbons (Fsp3) is 0.700. The first-order valence-corrected chi connectivity index (χ1v) is 4.87. The lowest BCUT2D eigenvalue weighted by molar-refractivity contribution is 0.111. The van der Waals surface area contributed by atoms with Crippen LogP contribution in [0.3, 0.4) is 0 Å². The maximum absolute atomic E-state index is 5.57. The van der Waals surface area contributed by atoms with Crippen LogP contribution in [0.1, 0.15) is 24.4 Å². The summed E-state index contributed by atoms with van der Waals surface area (Å²) in [6.07, 6.45) is 5.14. The first kappa shape index (κ1) is 8.75.